The lowest BCUT2D eigenvalue weighted by Crippen LogP contribution is -2.42. The second kappa shape index (κ2) is 7.18. The summed E-state index contributed by atoms with van der Waals surface area (Å²) in [6.45, 7) is 0.648. The highest BCUT2D eigenvalue weighted by Gasteiger charge is 2.26. The number of amidine groups is 1. The molecule has 122 valence electrons. The van der Waals surface area contributed by atoms with Crippen LogP contribution in [0.4, 0.5) is 17.1 Å². The molecule has 0 radical (unpaired) electrons. The number of para-hydroxylation sites is 1. The number of amides is 2. The number of hydrogen-bond acceptors (Lipinski definition) is 5. The molecule has 0 unspecified atom stereocenters. The molecule has 7 heteroatoms. The number of hydrogen-bond donors (Lipinski definition) is 2. The second-order valence-corrected chi connectivity index (χ2v) is 6.14. The molecule has 0 aliphatic carbocycles. The molecule has 3 rings (SSSR count). The molecule has 0 spiro atoms. The number of nitrogen functional groups attached to an aromatic ring is 1. The van der Waals surface area contributed by atoms with Crippen LogP contribution < -0.4 is 16.0 Å². The average molecular weight is 340 g/mol. The summed E-state index contributed by atoms with van der Waals surface area (Å²) in [7, 11) is 0. The highest BCUT2D eigenvalue weighted by molar-refractivity contribution is 8.14. The Morgan fingerprint density at radius 1 is 1.04 bits per heavy atom. The van der Waals surface area contributed by atoms with Crippen molar-refractivity contribution in [3.8, 4) is 0 Å². The Morgan fingerprint density at radius 2 is 1.71 bits per heavy atom. The predicted octanol–water partition coefficient (Wildman–Crippen LogP) is 2.15. The van der Waals surface area contributed by atoms with E-state index in [9.17, 15) is 9.59 Å². The highest BCUT2D eigenvalue weighted by Crippen LogP contribution is 2.26. The van der Waals surface area contributed by atoms with Gasteiger partial charge in [0.1, 0.15) is 0 Å². The molecule has 0 atom stereocenters. The van der Waals surface area contributed by atoms with E-state index in [0.717, 1.165) is 5.75 Å². The molecule has 1 aliphatic rings. The maximum absolute atomic E-state index is 12.7. The summed E-state index contributed by atoms with van der Waals surface area (Å²) in [4.78, 5) is 30.6. The van der Waals surface area contributed by atoms with Gasteiger partial charge in [0, 0.05) is 22.8 Å². The molecular weight excluding hydrogens is 324 g/mol. The van der Waals surface area contributed by atoms with Gasteiger partial charge < -0.3 is 5.73 Å². The van der Waals surface area contributed by atoms with Gasteiger partial charge in [0.05, 0.1) is 6.54 Å². The lowest BCUT2D eigenvalue weighted by atomic mass is 10.2. The van der Waals surface area contributed by atoms with E-state index in [1.165, 1.54) is 16.7 Å². The van der Waals surface area contributed by atoms with Crippen LogP contribution in [-0.2, 0) is 9.59 Å². The van der Waals surface area contributed by atoms with Crippen LogP contribution in [0.3, 0.4) is 0 Å². The van der Waals surface area contributed by atoms with Gasteiger partial charge in [-0.25, -0.2) is 0 Å². The predicted molar refractivity (Wildman–Crippen MR) is 97.3 cm³/mol. The Balaban J connectivity index is 1.90. The van der Waals surface area contributed by atoms with Crippen LogP contribution in [0.1, 0.15) is 0 Å². The summed E-state index contributed by atoms with van der Waals surface area (Å²) in [5.74, 6) is -0.588. The number of aliphatic imine (C=N–C) groups is 1. The number of nitrogens with zero attached hydrogens (tertiary/aromatic N) is 2. The van der Waals surface area contributed by atoms with Crippen molar-refractivity contribution >= 4 is 45.8 Å². The minimum absolute atomic E-state index is 0.485. The van der Waals surface area contributed by atoms with Gasteiger partial charge in [-0.05, 0) is 36.4 Å². The maximum atomic E-state index is 12.7. The third-order valence-electron chi connectivity index (χ3n) is 3.37. The zero-order valence-electron chi connectivity index (χ0n) is 12.8. The molecular formula is C17H16N4O2S. The monoisotopic (exact) mass is 340 g/mol. The van der Waals surface area contributed by atoms with Gasteiger partial charge in [-0.15, -0.1) is 0 Å². The average Bonchev–Trinajstić information content (AvgIpc) is 3.10. The van der Waals surface area contributed by atoms with E-state index in [0.29, 0.717) is 28.8 Å². The lowest BCUT2D eigenvalue weighted by Gasteiger charge is -2.22. The third-order valence-corrected chi connectivity index (χ3v) is 4.26. The molecule has 2 aromatic carbocycles. The molecule has 0 fully saturated rings. The van der Waals surface area contributed by atoms with Crippen LogP contribution in [0.5, 0.6) is 0 Å². The molecule has 1 aliphatic heterocycles. The van der Waals surface area contributed by atoms with E-state index in [-0.39, 0.29) is 0 Å². The van der Waals surface area contributed by atoms with E-state index < -0.39 is 11.8 Å². The van der Waals surface area contributed by atoms with Crippen LogP contribution in [0.25, 0.3) is 0 Å². The van der Waals surface area contributed by atoms with Crippen molar-refractivity contribution < 1.29 is 9.59 Å². The molecule has 0 saturated carbocycles. The summed E-state index contributed by atoms with van der Waals surface area (Å²) in [5, 5.41) is 3.05. The number of carbonyl (C=O) groups excluding carboxylic acids is 2. The SMILES string of the molecule is Nc1ccc(N(C(=O)C(=O)NC2=NCCS2)c2ccccc2)cc1. The smallest absolute Gasteiger partial charge is 0.321 e. The fourth-order valence-corrected chi connectivity index (χ4v) is 2.97. The number of nitrogens with two attached hydrogens (primary N) is 1. The van der Waals surface area contributed by atoms with Crippen molar-refractivity contribution in [2.75, 3.05) is 22.9 Å². The standard InChI is InChI=1S/C17H16N4O2S/c18-12-6-8-14(9-7-12)21(13-4-2-1-3-5-13)16(23)15(22)20-17-19-10-11-24-17/h1-9H,10-11,18H2,(H,19,20,22). The van der Waals surface area contributed by atoms with E-state index >= 15 is 0 Å². The van der Waals surface area contributed by atoms with Gasteiger partial charge in [-0.3, -0.25) is 24.8 Å². The van der Waals surface area contributed by atoms with Crippen LogP contribution in [0, 0.1) is 0 Å². The van der Waals surface area contributed by atoms with Gasteiger partial charge >= 0.3 is 11.8 Å². The highest BCUT2D eigenvalue weighted by atomic mass is 32.2. The number of benzene rings is 2. The van der Waals surface area contributed by atoms with E-state index in [1.54, 1.807) is 36.4 Å². The normalized spacial score (nSPS) is 13.2. The molecule has 2 amide bonds. The zero-order chi connectivity index (χ0) is 16.9. The van der Waals surface area contributed by atoms with Crippen molar-refractivity contribution in [2.45, 2.75) is 0 Å². The number of anilines is 3. The van der Waals surface area contributed by atoms with E-state index in [1.807, 2.05) is 18.2 Å². The quantitative estimate of drug-likeness (QED) is 0.648. The molecule has 24 heavy (non-hydrogen) atoms. The largest absolute Gasteiger partial charge is 0.399 e. The lowest BCUT2D eigenvalue weighted by molar-refractivity contribution is -0.136. The van der Waals surface area contributed by atoms with Gasteiger partial charge in [-0.1, -0.05) is 30.0 Å². The Kier molecular flexibility index (Phi) is 4.81. The number of rotatable bonds is 2. The van der Waals surface area contributed by atoms with Crippen LogP contribution >= 0.6 is 11.8 Å². The van der Waals surface area contributed by atoms with E-state index in [4.69, 9.17) is 5.73 Å². The van der Waals surface area contributed by atoms with E-state index in [2.05, 4.69) is 10.3 Å². The van der Waals surface area contributed by atoms with Gasteiger partial charge in [0.2, 0.25) is 0 Å². The third kappa shape index (κ3) is 3.57. The Hall–Kier alpha value is -2.80. The molecule has 6 nitrogen and oxygen atoms in total. The first-order chi connectivity index (χ1) is 11.6. The van der Waals surface area contributed by atoms with Crippen molar-refractivity contribution in [2.24, 2.45) is 4.99 Å². The van der Waals surface area contributed by atoms with Crippen LogP contribution in [0.15, 0.2) is 59.6 Å². The van der Waals surface area contributed by atoms with Crippen molar-refractivity contribution in [3.63, 3.8) is 0 Å². The summed E-state index contributed by atoms with van der Waals surface area (Å²) >= 11 is 1.42. The number of carbonyl (C=O) groups is 2. The maximum Gasteiger partial charge on any atom is 0.321 e. The molecule has 2 aromatic rings. The summed E-state index contributed by atoms with van der Waals surface area (Å²) in [5.41, 5.74) is 7.46. The zero-order valence-corrected chi connectivity index (χ0v) is 13.6. The first-order valence-electron chi connectivity index (χ1n) is 7.38. The van der Waals surface area contributed by atoms with Crippen molar-refractivity contribution in [3.05, 3.63) is 54.6 Å². The topological polar surface area (TPSA) is 87.8 Å². The number of thioether (sulfide) groups is 1. The van der Waals surface area contributed by atoms with Crippen LogP contribution in [0.2, 0.25) is 0 Å². The molecule has 0 saturated heterocycles. The Morgan fingerprint density at radius 3 is 2.33 bits per heavy atom. The van der Waals surface area contributed by atoms with Gasteiger partial charge in [0.15, 0.2) is 5.17 Å². The Labute approximate surface area is 143 Å². The minimum Gasteiger partial charge on any atom is -0.399 e. The summed E-state index contributed by atoms with van der Waals surface area (Å²) < 4.78 is 0. The van der Waals surface area contributed by atoms with Crippen molar-refractivity contribution in [1.29, 1.82) is 0 Å². The van der Waals surface area contributed by atoms with Crippen molar-refractivity contribution in [1.82, 2.24) is 5.32 Å². The fourth-order valence-electron chi connectivity index (χ4n) is 2.25. The van der Waals surface area contributed by atoms with Crippen LogP contribution in [-0.4, -0.2) is 29.3 Å². The summed E-state index contributed by atoms with van der Waals surface area (Å²) in [6.07, 6.45) is 0. The van der Waals surface area contributed by atoms with Gasteiger partial charge in [0.25, 0.3) is 0 Å². The first-order valence-corrected chi connectivity index (χ1v) is 8.37. The molecule has 0 aromatic heterocycles. The minimum atomic E-state index is -0.719. The second-order valence-electron chi connectivity index (χ2n) is 5.06. The van der Waals surface area contributed by atoms with Gasteiger partial charge in [-0.2, -0.15) is 0 Å². The first kappa shape index (κ1) is 16.1. The molecule has 0 bridgehead atoms. The molecule has 3 N–H and O–H groups in total. The summed E-state index contributed by atoms with van der Waals surface area (Å²) in [6, 6.07) is 15.8. The molecule has 1 heterocycles. The fraction of sp³-hybridized carbons (Fsp3) is 0.118. The Bertz CT molecular complexity index is 775. The number of nitrogens with one attached hydrogen (secondary N) is 1.